The summed E-state index contributed by atoms with van der Waals surface area (Å²) in [5.41, 5.74) is 3.38. The van der Waals surface area contributed by atoms with Crippen LogP contribution in [0.15, 0.2) is 72.8 Å². The fraction of sp³-hybridized carbons (Fsp3) is 0. The van der Waals surface area contributed by atoms with Gasteiger partial charge in [-0.1, -0.05) is 41.9 Å². The standard InChI is InChI=1S/C19H13ClN4O/c20-16-9-5-4-8-15(16)19(25)21-13-10-11-17-18(12-13)23-24(22-17)14-6-2-1-3-7-14/h1-12H,(H,21,25). The third kappa shape index (κ3) is 3.09. The van der Waals surface area contributed by atoms with Crippen LogP contribution in [0, 0.1) is 0 Å². The first-order valence-electron chi connectivity index (χ1n) is 7.69. The summed E-state index contributed by atoms with van der Waals surface area (Å²) in [6.07, 6.45) is 0. The van der Waals surface area contributed by atoms with Gasteiger partial charge in [0.05, 0.1) is 16.3 Å². The second-order valence-electron chi connectivity index (χ2n) is 5.46. The van der Waals surface area contributed by atoms with Crippen LogP contribution in [-0.2, 0) is 0 Å². The highest BCUT2D eigenvalue weighted by molar-refractivity contribution is 6.34. The van der Waals surface area contributed by atoms with Crippen LogP contribution in [0.1, 0.15) is 10.4 Å². The lowest BCUT2D eigenvalue weighted by molar-refractivity contribution is 0.102. The van der Waals surface area contributed by atoms with Crippen molar-refractivity contribution in [3.63, 3.8) is 0 Å². The number of halogens is 1. The number of benzene rings is 3. The van der Waals surface area contributed by atoms with Gasteiger partial charge in [-0.25, -0.2) is 0 Å². The maximum Gasteiger partial charge on any atom is 0.257 e. The summed E-state index contributed by atoms with van der Waals surface area (Å²) in [6, 6.07) is 22.0. The molecule has 0 radical (unpaired) electrons. The van der Waals surface area contributed by atoms with Crippen LogP contribution >= 0.6 is 11.6 Å². The molecule has 0 aliphatic rings. The number of fused-ring (bicyclic) bond motifs is 1. The molecule has 0 saturated heterocycles. The highest BCUT2D eigenvalue weighted by atomic mass is 35.5. The first-order chi connectivity index (χ1) is 12.2. The topological polar surface area (TPSA) is 59.8 Å². The van der Waals surface area contributed by atoms with E-state index in [0.717, 1.165) is 11.2 Å². The quantitative estimate of drug-likeness (QED) is 0.599. The normalized spacial score (nSPS) is 10.8. The summed E-state index contributed by atoms with van der Waals surface area (Å²) in [5.74, 6) is -0.264. The number of hydrogen-bond acceptors (Lipinski definition) is 3. The predicted molar refractivity (Wildman–Crippen MR) is 98.3 cm³/mol. The molecule has 3 aromatic carbocycles. The summed E-state index contributed by atoms with van der Waals surface area (Å²) >= 11 is 6.07. The van der Waals surface area contributed by atoms with Crippen molar-refractivity contribution in [2.45, 2.75) is 0 Å². The summed E-state index contributed by atoms with van der Waals surface area (Å²) in [4.78, 5) is 13.9. The van der Waals surface area contributed by atoms with Gasteiger partial charge < -0.3 is 5.32 Å². The van der Waals surface area contributed by atoms with E-state index in [1.54, 1.807) is 41.2 Å². The lowest BCUT2D eigenvalue weighted by atomic mass is 10.2. The molecule has 6 heteroatoms. The largest absolute Gasteiger partial charge is 0.322 e. The zero-order valence-corrected chi connectivity index (χ0v) is 13.8. The lowest BCUT2D eigenvalue weighted by Gasteiger charge is -2.06. The van der Waals surface area contributed by atoms with Gasteiger partial charge in [-0.2, -0.15) is 4.80 Å². The number of para-hydroxylation sites is 1. The van der Waals surface area contributed by atoms with E-state index in [-0.39, 0.29) is 5.91 Å². The molecule has 1 amide bonds. The molecule has 0 bridgehead atoms. The van der Waals surface area contributed by atoms with Gasteiger partial charge in [0.1, 0.15) is 11.0 Å². The third-order valence-electron chi connectivity index (χ3n) is 3.74. The van der Waals surface area contributed by atoms with Crippen molar-refractivity contribution in [2.24, 2.45) is 0 Å². The number of hydrogen-bond donors (Lipinski definition) is 1. The van der Waals surface area contributed by atoms with Crippen molar-refractivity contribution in [1.82, 2.24) is 15.0 Å². The van der Waals surface area contributed by atoms with Crippen LogP contribution in [0.2, 0.25) is 5.02 Å². The molecule has 1 aromatic heterocycles. The molecule has 0 atom stereocenters. The van der Waals surface area contributed by atoms with Crippen molar-refractivity contribution in [1.29, 1.82) is 0 Å². The molecule has 0 spiro atoms. The van der Waals surface area contributed by atoms with E-state index in [4.69, 9.17) is 11.6 Å². The molecule has 4 rings (SSSR count). The molecule has 1 heterocycles. The second kappa shape index (κ2) is 6.37. The van der Waals surface area contributed by atoms with E-state index in [1.807, 2.05) is 36.4 Å². The van der Waals surface area contributed by atoms with E-state index in [0.29, 0.717) is 21.8 Å². The molecule has 1 N–H and O–H groups in total. The van der Waals surface area contributed by atoms with Crippen molar-refractivity contribution in [3.8, 4) is 5.69 Å². The molecule has 5 nitrogen and oxygen atoms in total. The van der Waals surface area contributed by atoms with Gasteiger partial charge >= 0.3 is 0 Å². The first-order valence-corrected chi connectivity index (χ1v) is 8.07. The van der Waals surface area contributed by atoms with Crippen molar-refractivity contribution in [2.75, 3.05) is 5.32 Å². The Balaban J connectivity index is 1.63. The average molecular weight is 349 g/mol. The van der Waals surface area contributed by atoms with Crippen molar-refractivity contribution in [3.05, 3.63) is 83.4 Å². The van der Waals surface area contributed by atoms with Crippen LogP contribution in [0.5, 0.6) is 0 Å². The van der Waals surface area contributed by atoms with Gasteiger partial charge in [0.25, 0.3) is 5.91 Å². The molecular weight excluding hydrogens is 336 g/mol. The number of rotatable bonds is 3. The zero-order chi connectivity index (χ0) is 17.2. The second-order valence-corrected chi connectivity index (χ2v) is 5.87. The maximum atomic E-state index is 12.4. The van der Waals surface area contributed by atoms with Crippen LogP contribution in [0.3, 0.4) is 0 Å². The summed E-state index contributed by atoms with van der Waals surface area (Å²) in [5, 5.41) is 12.2. The number of carbonyl (C=O) groups is 1. The van der Waals surface area contributed by atoms with E-state index in [1.165, 1.54) is 0 Å². The van der Waals surface area contributed by atoms with Gasteiger partial charge in [0.15, 0.2) is 0 Å². The van der Waals surface area contributed by atoms with Gasteiger partial charge in [0.2, 0.25) is 0 Å². The highest BCUT2D eigenvalue weighted by Crippen LogP contribution is 2.20. The Morgan fingerprint density at radius 2 is 1.60 bits per heavy atom. The van der Waals surface area contributed by atoms with Crippen LogP contribution in [0.4, 0.5) is 5.69 Å². The lowest BCUT2D eigenvalue weighted by Crippen LogP contribution is -2.12. The number of nitrogens with zero attached hydrogens (tertiary/aromatic N) is 3. The molecule has 4 aromatic rings. The van der Waals surface area contributed by atoms with Crippen molar-refractivity contribution < 1.29 is 4.79 Å². The van der Waals surface area contributed by atoms with E-state index >= 15 is 0 Å². The minimum Gasteiger partial charge on any atom is -0.322 e. The number of anilines is 1. The number of carbonyl (C=O) groups excluding carboxylic acids is 1. The average Bonchev–Trinajstić information content (AvgIpc) is 3.06. The van der Waals surface area contributed by atoms with Crippen LogP contribution < -0.4 is 5.32 Å². The molecular formula is C19H13ClN4O. The minimum absolute atomic E-state index is 0.264. The van der Waals surface area contributed by atoms with Crippen LogP contribution in [0.25, 0.3) is 16.7 Å². The molecule has 0 aliphatic carbocycles. The Morgan fingerprint density at radius 1 is 0.880 bits per heavy atom. The number of nitrogens with one attached hydrogen (secondary N) is 1. The fourth-order valence-electron chi connectivity index (χ4n) is 2.51. The van der Waals surface area contributed by atoms with E-state index in [9.17, 15) is 4.79 Å². The summed E-state index contributed by atoms with van der Waals surface area (Å²) < 4.78 is 0. The number of aromatic nitrogens is 3. The Morgan fingerprint density at radius 3 is 2.40 bits per heavy atom. The zero-order valence-electron chi connectivity index (χ0n) is 13.1. The molecule has 122 valence electrons. The summed E-state index contributed by atoms with van der Waals surface area (Å²) in [6.45, 7) is 0. The minimum atomic E-state index is -0.264. The Kier molecular flexibility index (Phi) is 3.91. The van der Waals surface area contributed by atoms with E-state index < -0.39 is 0 Å². The van der Waals surface area contributed by atoms with Gasteiger partial charge in [-0.15, -0.1) is 10.2 Å². The monoisotopic (exact) mass is 348 g/mol. The molecule has 0 fully saturated rings. The SMILES string of the molecule is O=C(Nc1ccc2nn(-c3ccccc3)nc2c1)c1ccccc1Cl. The van der Waals surface area contributed by atoms with Gasteiger partial charge in [-0.05, 0) is 42.5 Å². The smallest absolute Gasteiger partial charge is 0.257 e. The molecule has 0 aliphatic heterocycles. The third-order valence-corrected chi connectivity index (χ3v) is 4.07. The Hall–Kier alpha value is -3.18. The van der Waals surface area contributed by atoms with Gasteiger partial charge in [0, 0.05) is 5.69 Å². The molecule has 0 saturated carbocycles. The number of amides is 1. The van der Waals surface area contributed by atoms with Crippen molar-refractivity contribution >= 4 is 34.2 Å². The fourth-order valence-corrected chi connectivity index (χ4v) is 2.73. The van der Waals surface area contributed by atoms with Crippen LogP contribution in [-0.4, -0.2) is 20.9 Å². The highest BCUT2D eigenvalue weighted by Gasteiger charge is 2.11. The maximum absolute atomic E-state index is 12.4. The molecule has 25 heavy (non-hydrogen) atoms. The predicted octanol–water partition coefficient (Wildman–Crippen LogP) is 4.33. The first kappa shape index (κ1) is 15.4. The molecule has 0 unspecified atom stereocenters. The van der Waals surface area contributed by atoms with Gasteiger partial charge in [-0.3, -0.25) is 4.79 Å². The Bertz CT molecular complexity index is 1060. The van der Waals surface area contributed by atoms with E-state index in [2.05, 4.69) is 15.5 Å². The summed E-state index contributed by atoms with van der Waals surface area (Å²) in [7, 11) is 0. The Labute approximate surface area is 148 Å².